The van der Waals surface area contributed by atoms with Gasteiger partial charge in [-0.2, -0.15) is 0 Å². The highest BCUT2D eigenvalue weighted by Crippen LogP contribution is 2.19. The first-order valence-corrected chi connectivity index (χ1v) is 5.87. The molecule has 0 aliphatic carbocycles. The molecular formula is C13H14FN3O3. The molecule has 0 saturated carbocycles. The number of methoxy groups -OCH3 is 1. The van der Waals surface area contributed by atoms with Crippen LogP contribution in [-0.2, 0) is 14.3 Å². The molecule has 1 N–H and O–H groups in total. The molecule has 1 aliphatic heterocycles. The number of hydrazine groups is 1. The fraction of sp³-hybridized carbons (Fsp3) is 0.231. The number of esters is 1. The normalized spacial score (nSPS) is 14.9. The lowest BCUT2D eigenvalue weighted by atomic mass is 10.3. The van der Waals surface area contributed by atoms with Gasteiger partial charge in [-0.1, -0.05) is 12.1 Å². The van der Waals surface area contributed by atoms with E-state index < -0.39 is 11.8 Å². The highest BCUT2D eigenvalue weighted by Gasteiger charge is 2.28. The van der Waals surface area contributed by atoms with Crippen molar-refractivity contribution in [2.24, 2.45) is 0 Å². The molecule has 0 fully saturated rings. The first-order chi connectivity index (χ1) is 9.52. The molecule has 1 aromatic rings. The van der Waals surface area contributed by atoms with Gasteiger partial charge in [0.15, 0.2) is 5.70 Å². The van der Waals surface area contributed by atoms with Crippen LogP contribution >= 0.6 is 0 Å². The summed E-state index contributed by atoms with van der Waals surface area (Å²) >= 11 is 0. The second kappa shape index (κ2) is 5.60. The third-order valence-corrected chi connectivity index (χ3v) is 2.82. The lowest BCUT2D eigenvalue weighted by Gasteiger charge is -2.32. The summed E-state index contributed by atoms with van der Waals surface area (Å²) in [5.41, 5.74) is 3.00. The summed E-state index contributed by atoms with van der Waals surface area (Å²) in [5, 5.41) is 1.26. The molecule has 2 rings (SSSR count). The standard InChI is InChI=1S/C13H14FN3O3/c1-16-7-11(13(19)20-2)17(8-12(16)18)15-10-6-4-3-5-9(10)14/h3-7,15H,8H2,1-2H3. The zero-order valence-corrected chi connectivity index (χ0v) is 11.1. The summed E-state index contributed by atoms with van der Waals surface area (Å²) < 4.78 is 18.3. The molecule has 106 valence electrons. The maximum atomic E-state index is 13.6. The van der Waals surface area contributed by atoms with Crippen LogP contribution in [0.15, 0.2) is 36.2 Å². The van der Waals surface area contributed by atoms with E-state index in [1.165, 1.54) is 42.4 Å². The topological polar surface area (TPSA) is 61.9 Å². The second-order valence-electron chi connectivity index (χ2n) is 4.19. The number of halogens is 1. The third kappa shape index (κ3) is 2.71. The van der Waals surface area contributed by atoms with Gasteiger partial charge >= 0.3 is 5.97 Å². The molecular weight excluding hydrogens is 265 g/mol. The predicted molar refractivity (Wildman–Crippen MR) is 69.6 cm³/mol. The van der Waals surface area contributed by atoms with E-state index in [4.69, 9.17) is 0 Å². The average molecular weight is 279 g/mol. The summed E-state index contributed by atoms with van der Waals surface area (Å²) in [6, 6.07) is 5.98. The fourth-order valence-electron chi connectivity index (χ4n) is 1.72. The quantitative estimate of drug-likeness (QED) is 0.834. The van der Waals surface area contributed by atoms with Gasteiger partial charge in [0.1, 0.15) is 12.4 Å². The summed E-state index contributed by atoms with van der Waals surface area (Å²) in [7, 11) is 2.77. The zero-order chi connectivity index (χ0) is 14.7. The van der Waals surface area contributed by atoms with E-state index in [1.807, 2.05) is 0 Å². The van der Waals surface area contributed by atoms with E-state index in [1.54, 1.807) is 12.1 Å². The third-order valence-electron chi connectivity index (χ3n) is 2.82. The van der Waals surface area contributed by atoms with Crippen LogP contribution in [-0.4, -0.2) is 42.5 Å². The van der Waals surface area contributed by atoms with E-state index in [0.29, 0.717) is 0 Å². The first kappa shape index (κ1) is 13.9. The molecule has 0 radical (unpaired) electrons. The Hall–Kier alpha value is -2.57. The molecule has 0 atom stereocenters. The Kier molecular flexibility index (Phi) is 3.88. The Morgan fingerprint density at radius 2 is 2.10 bits per heavy atom. The molecule has 1 amide bonds. The van der Waals surface area contributed by atoms with Gasteiger partial charge in [-0.15, -0.1) is 0 Å². The van der Waals surface area contributed by atoms with Crippen molar-refractivity contribution in [3.05, 3.63) is 42.0 Å². The molecule has 0 bridgehead atoms. The Morgan fingerprint density at radius 3 is 2.75 bits per heavy atom. The van der Waals surface area contributed by atoms with Crippen molar-refractivity contribution < 1.29 is 18.7 Å². The smallest absolute Gasteiger partial charge is 0.357 e. The minimum atomic E-state index is -0.617. The number of para-hydroxylation sites is 1. The number of rotatable bonds is 3. The molecule has 20 heavy (non-hydrogen) atoms. The van der Waals surface area contributed by atoms with E-state index >= 15 is 0 Å². The second-order valence-corrected chi connectivity index (χ2v) is 4.19. The van der Waals surface area contributed by atoms with Gasteiger partial charge in [0, 0.05) is 13.2 Å². The molecule has 0 aromatic heterocycles. The molecule has 0 unspecified atom stereocenters. The lowest BCUT2D eigenvalue weighted by Crippen LogP contribution is -2.46. The minimum absolute atomic E-state index is 0.105. The van der Waals surface area contributed by atoms with E-state index in [2.05, 4.69) is 10.2 Å². The van der Waals surface area contributed by atoms with Gasteiger partial charge < -0.3 is 9.64 Å². The molecule has 0 spiro atoms. The molecule has 6 nitrogen and oxygen atoms in total. The number of amides is 1. The number of anilines is 1. The largest absolute Gasteiger partial charge is 0.464 e. The Labute approximate surface area is 115 Å². The van der Waals surface area contributed by atoms with Crippen molar-refractivity contribution >= 4 is 17.6 Å². The Morgan fingerprint density at radius 1 is 1.40 bits per heavy atom. The number of carbonyl (C=O) groups excluding carboxylic acids is 2. The van der Waals surface area contributed by atoms with Crippen LogP contribution < -0.4 is 5.43 Å². The van der Waals surface area contributed by atoms with Crippen LogP contribution in [0.4, 0.5) is 10.1 Å². The van der Waals surface area contributed by atoms with Crippen molar-refractivity contribution in [3.8, 4) is 0 Å². The maximum Gasteiger partial charge on any atom is 0.357 e. The molecule has 1 aliphatic rings. The van der Waals surface area contributed by atoms with Gasteiger partial charge in [-0.3, -0.25) is 15.2 Å². The highest BCUT2D eigenvalue weighted by atomic mass is 19.1. The number of nitrogens with one attached hydrogen (secondary N) is 1. The lowest BCUT2D eigenvalue weighted by molar-refractivity contribution is -0.139. The van der Waals surface area contributed by atoms with Crippen molar-refractivity contribution in [1.82, 2.24) is 9.91 Å². The summed E-state index contributed by atoms with van der Waals surface area (Å²) in [5.74, 6) is -1.34. The van der Waals surface area contributed by atoms with Gasteiger partial charge in [0.25, 0.3) is 0 Å². The van der Waals surface area contributed by atoms with E-state index in [0.717, 1.165) is 0 Å². The van der Waals surface area contributed by atoms with E-state index in [9.17, 15) is 14.0 Å². The number of benzene rings is 1. The van der Waals surface area contributed by atoms with Crippen LogP contribution in [0.25, 0.3) is 0 Å². The van der Waals surface area contributed by atoms with Gasteiger partial charge in [-0.25, -0.2) is 9.18 Å². The van der Waals surface area contributed by atoms with Crippen LogP contribution in [0.2, 0.25) is 0 Å². The van der Waals surface area contributed by atoms with Gasteiger partial charge in [0.05, 0.1) is 12.8 Å². The van der Waals surface area contributed by atoms with Crippen molar-refractivity contribution in [2.45, 2.75) is 0 Å². The number of ether oxygens (including phenoxy) is 1. The van der Waals surface area contributed by atoms with Crippen molar-refractivity contribution in [2.75, 3.05) is 26.1 Å². The monoisotopic (exact) mass is 279 g/mol. The number of hydrogen-bond acceptors (Lipinski definition) is 5. The summed E-state index contributed by atoms with van der Waals surface area (Å²) in [6.07, 6.45) is 1.34. The number of carbonyl (C=O) groups is 2. The first-order valence-electron chi connectivity index (χ1n) is 5.87. The van der Waals surface area contributed by atoms with Crippen LogP contribution in [0.5, 0.6) is 0 Å². The van der Waals surface area contributed by atoms with Crippen LogP contribution in [0.1, 0.15) is 0 Å². The zero-order valence-electron chi connectivity index (χ0n) is 11.1. The predicted octanol–water partition coefficient (Wildman–Crippen LogP) is 0.941. The number of likely N-dealkylation sites (N-methyl/N-ethyl adjacent to an activating group) is 1. The van der Waals surface area contributed by atoms with E-state index in [-0.39, 0.29) is 23.8 Å². The number of nitrogens with zero attached hydrogens (tertiary/aromatic N) is 2. The highest BCUT2D eigenvalue weighted by molar-refractivity contribution is 5.92. The van der Waals surface area contributed by atoms with Gasteiger partial charge in [0.2, 0.25) is 5.91 Å². The molecule has 1 aromatic carbocycles. The molecule has 7 heteroatoms. The summed E-state index contributed by atoms with van der Waals surface area (Å²) in [6.45, 7) is -0.105. The number of hydrogen-bond donors (Lipinski definition) is 1. The van der Waals surface area contributed by atoms with Gasteiger partial charge in [-0.05, 0) is 12.1 Å². The Balaban J connectivity index is 2.28. The summed E-state index contributed by atoms with van der Waals surface area (Å²) in [4.78, 5) is 24.7. The molecule has 0 saturated heterocycles. The maximum absolute atomic E-state index is 13.6. The fourth-order valence-corrected chi connectivity index (χ4v) is 1.72. The van der Waals surface area contributed by atoms with Crippen molar-refractivity contribution in [3.63, 3.8) is 0 Å². The molecule has 1 heterocycles. The minimum Gasteiger partial charge on any atom is -0.464 e. The SMILES string of the molecule is COC(=O)C1=CN(C)C(=O)CN1Nc1ccccc1F. The average Bonchev–Trinajstić information content (AvgIpc) is 2.44. The van der Waals surface area contributed by atoms with Crippen LogP contribution in [0, 0.1) is 5.82 Å². The van der Waals surface area contributed by atoms with Crippen LogP contribution in [0.3, 0.4) is 0 Å². The van der Waals surface area contributed by atoms with Crippen molar-refractivity contribution in [1.29, 1.82) is 0 Å². The Bertz CT molecular complexity index is 574.